The van der Waals surface area contributed by atoms with Crippen molar-refractivity contribution in [1.82, 2.24) is 20.0 Å². The Balaban J connectivity index is 1.06. The Kier molecular flexibility index (Phi) is 8.11. The van der Waals surface area contributed by atoms with Gasteiger partial charge in [0.2, 0.25) is 5.91 Å². The number of benzene rings is 2. The van der Waals surface area contributed by atoms with Crippen molar-refractivity contribution in [2.75, 3.05) is 57.8 Å². The number of piperazine rings is 1. The van der Waals surface area contributed by atoms with Crippen molar-refractivity contribution in [3.05, 3.63) is 78.4 Å². The summed E-state index contributed by atoms with van der Waals surface area (Å²) in [6.45, 7) is 6.08. The van der Waals surface area contributed by atoms with Crippen LogP contribution >= 0.6 is 0 Å². The number of aromatic nitrogens is 2. The van der Waals surface area contributed by atoms with Crippen LogP contribution in [0.4, 0.5) is 5.82 Å². The monoisotopic (exact) mass is 497 g/mol. The first kappa shape index (κ1) is 25.0. The molecule has 2 fully saturated rings. The van der Waals surface area contributed by atoms with Crippen LogP contribution in [0.2, 0.25) is 0 Å². The average molecular weight is 498 g/mol. The van der Waals surface area contributed by atoms with E-state index < -0.39 is 0 Å². The van der Waals surface area contributed by atoms with Crippen molar-refractivity contribution in [3.8, 4) is 17.0 Å². The SMILES string of the molecule is COc1ccc(-c2ccc(N3CCC(C(=O)N4CCN(C/C=C/c5ccccc5)CC4)CC3)nn2)cc1. The highest BCUT2D eigenvalue weighted by molar-refractivity contribution is 5.79. The van der Waals surface area contributed by atoms with Crippen molar-refractivity contribution < 1.29 is 9.53 Å². The number of nitrogens with zero attached hydrogens (tertiary/aromatic N) is 5. The second kappa shape index (κ2) is 12.0. The van der Waals surface area contributed by atoms with Gasteiger partial charge in [0.25, 0.3) is 0 Å². The van der Waals surface area contributed by atoms with Crippen molar-refractivity contribution in [1.29, 1.82) is 0 Å². The van der Waals surface area contributed by atoms with Gasteiger partial charge in [-0.15, -0.1) is 10.2 Å². The van der Waals surface area contributed by atoms with E-state index in [-0.39, 0.29) is 5.92 Å². The lowest BCUT2D eigenvalue weighted by Gasteiger charge is -2.38. The number of anilines is 1. The van der Waals surface area contributed by atoms with E-state index in [4.69, 9.17) is 4.74 Å². The molecule has 0 radical (unpaired) electrons. The first-order valence-corrected chi connectivity index (χ1v) is 13.2. The van der Waals surface area contributed by atoms with Gasteiger partial charge in [-0.2, -0.15) is 0 Å². The molecule has 0 bridgehead atoms. The van der Waals surface area contributed by atoms with Crippen LogP contribution < -0.4 is 9.64 Å². The Morgan fingerprint density at radius 2 is 1.62 bits per heavy atom. The molecule has 2 aromatic carbocycles. The summed E-state index contributed by atoms with van der Waals surface area (Å²) in [6, 6.07) is 22.2. The van der Waals surface area contributed by atoms with E-state index in [1.54, 1.807) is 7.11 Å². The molecule has 0 spiro atoms. The first-order valence-electron chi connectivity index (χ1n) is 13.2. The molecule has 3 heterocycles. The van der Waals surface area contributed by atoms with Crippen LogP contribution in [0.25, 0.3) is 17.3 Å². The standard InChI is InChI=1S/C30H35N5O2/c1-37-27-11-9-25(10-12-27)28-13-14-29(32-31-28)34-18-15-26(16-19-34)30(36)35-22-20-33(21-23-35)17-5-8-24-6-3-2-4-7-24/h2-14,26H,15-23H2,1H3/b8-5+. The third-order valence-electron chi connectivity index (χ3n) is 7.36. The molecular formula is C30H35N5O2. The maximum absolute atomic E-state index is 13.2. The van der Waals surface area contributed by atoms with E-state index in [0.29, 0.717) is 5.91 Å². The van der Waals surface area contributed by atoms with Crippen LogP contribution in [-0.4, -0.2) is 78.8 Å². The molecule has 1 aromatic heterocycles. The fraction of sp³-hybridized carbons (Fsp3) is 0.367. The van der Waals surface area contributed by atoms with Gasteiger partial charge in [0.05, 0.1) is 12.8 Å². The molecule has 5 rings (SSSR count). The van der Waals surface area contributed by atoms with Gasteiger partial charge in [-0.05, 0) is 54.8 Å². The lowest BCUT2D eigenvalue weighted by molar-refractivity contribution is -0.137. The number of hydrogen-bond donors (Lipinski definition) is 0. The predicted octanol–water partition coefficient (Wildman–Crippen LogP) is 4.23. The summed E-state index contributed by atoms with van der Waals surface area (Å²) in [5.74, 6) is 2.12. The van der Waals surface area contributed by atoms with E-state index in [1.165, 1.54) is 5.56 Å². The molecule has 37 heavy (non-hydrogen) atoms. The zero-order chi connectivity index (χ0) is 25.5. The molecule has 0 aliphatic carbocycles. The third kappa shape index (κ3) is 6.35. The molecule has 0 unspecified atom stereocenters. The van der Waals surface area contributed by atoms with Crippen LogP contribution in [0, 0.1) is 5.92 Å². The van der Waals surface area contributed by atoms with Gasteiger partial charge in [-0.25, -0.2) is 0 Å². The van der Waals surface area contributed by atoms with Crippen LogP contribution in [0.1, 0.15) is 18.4 Å². The number of hydrogen-bond acceptors (Lipinski definition) is 6. The molecule has 0 N–H and O–H groups in total. The Morgan fingerprint density at radius 3 is 2.27 bits per heavy atom. The number of amides is 1. The van der Waals surface area contributed by atoms with Gasteiger partial charge in [-0.3, -0.25) is 9.69 Å². The van der Waals surface area contributed by atoms with Gasteiger partial charge in [0.15, 0.2) is 5.82 Å². The lowest BCUT2D eigenvalue weighted by atomic mass is 9.95. The maximum Gasteiger partial charge on any atom is 0.225 e. The normalized spacial score (nSPS) is 17.3. The molecule has 7 heteroatoms. The lowest BCUT2D eigenvalue weighted by Crippen LogP contribution is -2.51. The van der Waals surface area contributed by atoms with E-state index in [1.807, 2.05) is 42.5 Å². The molecule has 3 aromatic rings. The van der Waals surface area contributed by atoms with E-state index >= 15 is 0 Å². The first-order chi connectivity index (χ1) is 18.2. The van der Waals surface area contributed by atoms with Gasteiger partial charge in [0.1, 0.15) is 5.75 Å². The number of methoxy groups -OCH3 is 1. The minimum Gasteiger partial charge on any atom is -0.497 e. The van der Waals surface area contributed by atoms with Gasteiger partial charge in [-0.1, -0.05) is 42.5 Å². The number of piperidine rings is 1. The molecular weight excluding hydrogens is 462 g/mol. The summed E-state index contributed by atoms with van der Waals surface area (Å²) >= 11 is 0. The Bertz CT molecular complexity index is 1160. The Morgan fingerprint density at radius 1 is 0.892 bits per heavy atom. The average Bonchev–Trinajstić information content (AvgIpc) is 2.98. The molecule has 0 atom stereocenters. The Hall–Kier alpha value is -3.71. The second-order valence-corrected chi connectivity index (χ2v) is 9.71. The fourth-order valence-electron chi connectivity index (χ4n) is 5.08. The molecule has 1 amide bonds. The summed E-state index contributed by atoms with van der Waals surface area (Å²) < 4.78 is 5.23. The topological polar surface area (TPSA) is 61.8 Å². The second-order valence-electron chi connectivity index (χ2n) is 9.71. The smallest absolute Gasteiger partial charge is 0.225 e. The quantitative estimate of drug-likeness (QED) is 0.487. The van der Waals surface area contributed by atoms with Gasteiger partial charge in [0, 0.05) is 57.3 Å². The van der Waals surface area contributed by atoms with Crippen LogP contribution in [0.3, 0.4) is 0 Å². The molecule has 2 saturated heterocycles. The molecule has 192 valence electrons. The predicted molar refractivity (Wildman–Crippen MR) is 147 cm³/mol. The van der Waals surface area contributed by atoms with E-state index in [9.17, 15) is 4.79 Å². The van der Waals surface area contributed by atoms with Gasteiger partial charge < -0.3 is 14.5 Å². The summed E-state index contributed by atoms with van der Waals surface area (Å²) in [6.07, 6.45) is 6.11. The molecule has 7 nitrogen and oxygen atoms in total. The zero-order valence-corrected chi connectivity index (χ0v) is 21.5. The highest BCUT2D eigenvalue weighted by atomic mass is 16.5. The van der Waals surface area contributed by atoms with Crippen LogP contribution in [-0.2, 0) is 4.79 Å². The summed E-state index contributed by atoms with van der Waals surface area (Å²) in [5, 5.41) is 8.91. The number of ether oxygens (including phenoxy) is 1. The van der Waals surface area contributed by atoms with Crippen molar-refractivity contribution >= 4 is 17.8 Å². The van der Waals surface area contributed by atoms with Crippen molar-refractivity contribution in [3.63, 3.8) is 0 Å². The minimum atomic E-state index is 0.104. The van der Waals surface area contributed by atoms with Crippen molar-refractivity contribution in [2.45, 2.75) is 12.8 Å². The molecule has 2 aliphatic heterocycles. The summed E-state index contributed by atoms with van der Waals surface area (Å²) in [5.41, 5.74) is 3.07. The molecule has 2 aliphatic rings. The highest BCUT2D eigenvalue weighted by Gasteiger charge is 2.30. The van der Waals surface area contributed by atoms with E-state index in [0.717, 1.165) is 81.5 Å². The maximum atomic E-state index is 13.2. The number of carbonyl (C=O) groups is 1. The fourth-order valence-corrected chi connectivity index (χ4v) is 5.08. The number of rotatable bonds is 7. The van der Waals surface area contributed by atoms with Crippen molar-refractivity contribution in [2.24, 2.45) is 5.92 Å². The minimum absolute atomic E-state index is 0.104. The largest absolute Gasteiger partial charge is 0.497 e. The molecule has 0 saturated carbocycles. The van der Waals surface area contributed by atoms with Crippen LogP contribution in [0.5, 0.6) is 5.75 Å². The van der Waals surface area contributed by atoms with Gasteiger partial charge >= 0.3 is 0 Å². The Labute approximate surface area is 219 Å². The number of carbonyl (C=O) groups excluding carboxylic acids is 1. The highest BCUT2D eigenvalue weighted by Crippen LogP contribution is 2.26. The van der Waals surface area contributed by atoms with E-state index in [2.05, 4.69) is 61.3 Å². The summed E-state index contributed by atoms with van der Waals surface area (Å²) in [4.78, 5) is 19.9. The summed E-state index contributed by atoms with van der Waals surface area (Å²) in [7, 11) is 1.66. The van der Waals surface area contributed by atoms with Crippen LogP contribution in [0.15, 0.2) is 72.8 Å². The third-order valence-corrected chi connectivity index (χ3v) is 7.36. The zero-order valence-electron chi connectivity index (χ0n) is 21.5.